The van der Waals surface area contributed by atoms with Crippen LogP contribution in [0.15, 0.2) is 84.9 Å². The first kappa shape index (κ1) is 34.2. The second kappa shape index (κ2) is 16.6. The molecule has 0 aliphatic rings. The Morgan fingerprint density at radius 3 is 1.36 bits per heavy atom. The summed E-state index contributed by atoms with van der Waals surface area (Å²) in [5.74, 6) is 0.770. The van der Waals surface area contributed by atoms with Gasteiger partial charge in [0.2, 0.25) is 0 Å². The van der Waals surface area contributed by atoms with Crippen molar-refractivity contribution < 1.29 is 10.2 Å². The first-order chi connectivity index (χ1) is 21.6. The summed E-state index contributed by atoms with van der Waals surface area (Å²) in [5.41, 5.74) is 8.56. The normalized spacial score (nSPS) is 13.0. The molecule has 0 saturated heterocycles. The maximum Gasteiger partial charge on any atom is 0.124 e. The molecular weight excluding hydrogens is 556 g/mol. The van der Waals surface area contributed by atoms with Crippen LogP contribution in [0.2, 0.25) is 0 Å². The predicted molar refractivity (Wildman–Crippen MR) is 186 cm³/mol. The van der Waals surface area contributed by atoms with E-state index in [1.165, 1.54) is 11.1 Å². The molecule has 0 amide bonds. The van der Waals surface area contributed by atoms with Crippen LogP contribution in [0.4, 0.5) is 0 Å². The minimum absolute atomic E-state index is 0.0315. The number of aryl methyl sites for hydroxylation is 2. The highest BCUT2D eigenvalue weighted by Gasteiger charge is 2.18. The van der Waals surface area contributed by atoms with Crippen LogP contribution in [0.3, 0.4) is 0 Å². The van der Waals surface area contributed by atoms with Crippen molar-refractivity contribution in [1.82, 2.24) is 20.4 Å². The maximum atomic E-state index is 11.2. The lowest BCUT2D eigenvalue weighted by Gasteiger charge is -2.24. The number of nitrogens with zero attached hydrogens (tertiary/aromatic N) is 2. The largest absolute Gasteiger partial charge is 0.507 e. The lowest BCUT2D eigenvalue weighted by molar-refractivity contribution is 0.265. The summed E-state index contributed by atoms with van der Waals surface area (Å²) in [5, 5.41) is 29.5. The van der Waals surface area contributed by atoms with E-state index in [0.717, 1.165) is 66.0 Å². The predicted octanol–water partition coefficient (Wildman–Crippen LogP) is 7.37. The van der Waals surface area contributed by atoms with Gasteiger partial charge in [0, 0.05) is 60.5 Å². The van der Waals surface area contributed by atoms with Crippen molar-refractivity contribution in [3.8, 4) is 11.5 Å². The summed E-state index contributed by atoms with van der Waals surface area (Å²) in [6.07, 6.45) is 0.982. The van der Waals surface area contributed by atoms with E-state index in [9.17, 15) is 10.2 Å². The van der Waals surface area contributed by atoms with E-state index in [4.69, 9.17) is 0 Å². The van der Waals surface area contributed by atoms with Crippen LogP contribution in [0.1, 0.15) is 76.9 Å². The minimum Gasteiger partial charge on any atom is -0.507 e. The number of hydrogen-bond acceptors (Lipinski definition) is 6. The maximum absolute atomic E-state index is 11.2. The van der Waals surface area contributed by atoms with E-state index in [1.807, 2.05) is 36.4 Å². The molecule has 0 heterocycles. The van der Waals surface area contributed by atoms with Gasteiger partial charge >= 0.3 is 0 Å². The molecule has 240 valence electrons. The third-order valence-electron chi connectivity index (χ3n) is 8.53. The first-order valence-electron chi connectivity index (χ1n) is 16.2. The second-order valence-corrected chi connectivity index (χ2v) is 12.7. The highest BCUT2D eigenvalue weighted by atomic mass is 16.3. The molecule has 6 nitrogen and oxygen atoms in total. The highest BCUT2D eigenvalue weighted by Crippen LogP contribution is 2.32. The van der Waals surface area contributed by atoms with Crippen molar-refractivity contribution in [2.75, 3.05) is 27.2 Å². The number of phenols is 2. The molecule has 0 aliphatic carbocycles. The summed E-state index contributed by atoms with van der Waals surface area (Å²) in [4.78, 5) is 4.55. The quantitative estimate of drug-likeness (QED) is 0.107. The van der Waals surface area contributed by atoms with E-state index in [-0.39, 0.29) is 12.1 Å². The zero-order valence-electron chi connectivity index (χ0n) is 28.0. The third-order valence-corrected chi connectivity index (χ3v) is 8.53. The average Bonchev–Trinajstić information content (AvgIpc) is 3.02. The summed E-state index contributed by atoms with van der Waals surface area (Å²) < 4.78 is 0. The third kappa shape index (κ3) is 10.2. The Morgan fingerprint density at radius 1 is 0.600 bits per heavy atom. The Balaban J connectivity index is 1.28. The standard InChI is InChI=1S/C39H52N4O2/c1-28-20-34(38(44)36(22-28)30(3)40-24-32-14-9-7-10-15-32)26-42(5)18-13-19-43(6)27-35-21-29(2)23-37(39(35)45)31(4)41-25-33-16-11-8-12-17-33/h7-12,14-17,20-23,30-31,40-41,44-45H,13,18-19,24-27H2,1-6H3. The molecule has 0 saturated carbocycles. The molecule has 0 radical (unpaired) electrons. The van der Waals surface area contributed by atoms with Gasteiger partial charge in [-0.1, -0.05) is 96.1 Å². The van der Waals surface area contributed by atoms with Crippen LogP contribution in [0.5, 0.6) is 11.5 Å². The molecule has 0 spiro atoms. The zero-order valence-corrected chi connectivity index (χ0v) is 28.0. The van der Waals surface area contributed by atoms with Gasteiger partial charge in [-0.05, 0) is 72.4 Å². The Kier molecular flexibility index (Phi) is 12.6. The number of phenolic OH excluding ortho intramolecular Hbond substituents is 2. The SMILES string of the molecule is Cc1cc(CN(C)CCCN(C)Cc2cc(C)cc(C(C)NCc3ccccc3)c2O)c(O)c(C(C)NCc2ccccc2)c1. The number of hydrogen-bond donors (Lipinski definition) is 4. The van der Waals surface area contributed by atoms with Crippen molar-refractivity contribution in [3.63, 3.8) is 0 Å². The Morgan fingerprint density at radius 2 is 0.978 bits per heavy atom. The molecule has 4 N–H and O–H groups in total. The van der Waals surface area contributed by atoms with Crippen LogP contribution >= 0.6 is 0 Å². The number of nitrogens with one attached hydrogen (secondary N) is 2. The van der Waals surface area contributed by atoms with Gasteiger partial charge in [0.15, 0.2) is 0 Å². The second-order valence-electron chi connectivity index (χ2n) is 12.7. The van der Waals surface area contributed by atoms with Gasteiger partial charge in [-0.25, -0.2) is 0 Å². The smallest absolute Gasteiger partial charge is 0.124 e. The molecule has 45 heavy (non-hydrogen) atoms. The van der Waals surface area contributed by atoms with Crippen LogP contribution in [-0.2, 0) is 26.2 Å². The number of rotatable bonds is 16. The molecule has 6 heteroatoms. The van der Waals surface area contributed by atoms with Gasteiger partial charge in [0.1, 0.15) is 11.5 Å². The van der Waals surface area contributed by atoms with E-state index >= 15 is 0 Å². The van der Waals surface area contributed by atoms with Gasteiger partial charge in [0.25, 0.3) is 0 Å². The average molecular weight is 609 g/mol. The van der Waals surface area contributed by atoms with E-state index in [0.29, 0.717) is 24.6 Å². The molecule has 4 aromatic rings. The minimum atomic E-state index is 0.0315. The topological polar surface area (TPSA) is 71.0 Å². The molecule has 4 aromatic carbocycles. The lowest BCUT2D eigenvalue weighted by Crippen LogP contribution is -2.26. The number of benzene rings is 4. The van der Waals surface area contributed by atoms with Crippen molar-refractivity contribution >= 4 is 0 Å². The van der Waals surface area contributed by atoms with Crippen molar-refractivity contribution in [2.45, 2.75) is 72.4 Å². The van der Waals surface area contributed by atoms with Gasteiger partial charge in [-0.15, -0.1) is 0 Å². The van der Waals surface area contributed by atoms with Crippen molar-refractivity contribution in [2.24, 2.45) is 0 Å². The fourth-order valence-electron chi connectivity index (χ4n) is 5.97. The molecule has 0 fully saturated rings. The van der Waals surface area contributed by atoms with Crippen LogP contribution in [0, 0.1) is 13.8 Å². The summed E-state index contributed by atoms with van der Waals surface area (Å²) in [6, 6.07) is 29.1. The first-order valence-corrected chi connectivity index (χ1v) is 16.2. The summed E-state index contributed by atoms with van der Waals surface area (Å²) >= 11 is 0. The summed E-state index contributed by atoms with van der Waals surface area (Å²) in [7, 11) is 4.22. The van der Waals surface area contributed by atoms with Crippen molar-refractivity contribution in [3.05, 3.63) is 129 Å². The molecule has 2 unspecified atom stereocenters. The fourth-order valence-corrected chi connectivity index (χ4v) is 5.97. The van der Waals surface area contributed by atoms with Crippen molar-refractivity contribution in [1.29, 1.82) is 0 Å². The molecule has 2 atom stereocenters. The zero-order chi connectivity index (χ0) is 32.3. The van der Waals surface area contributed by atoms with Gasteiger partial charge in [-0.3, -0.25) is 0 Å². The molecular formula is C39H52N4O2. The summed E-state index contributed by atoms with van der Waals surface area (Å²) in [6.45, 7) is 13.1. The van der Waals surface area contributed by atoms with Crippen LogP contribution in [-0.4, -0.2) is 47.2 Å². The molecule has 0 aliphatic heterocycles. The monoisotopic (exact) mass is 608 g/mol. The Hall–Kier alpha value is -3.68. The number of aromatic hydroxyl groups is 2. The highest BCUT2D eigenvalue weighted by molar-refractivity contribution is 5.46. The Bertz CT molecular complexity index is 1380. The van der Waals surface area contributed by atoms with E-state index in [1.54, 1.807) is 0 Å². The van der Waals surface area contributed by atoms with Crippen LogP contribution < -0.4 is 10.6 Å². The molecule has 0 bridgehead atoms. The van der Waals surface area contributed by atoms with Gasteiger partial charge < -0.3 is 30.6 Å². The van der Waals surface area contributed by atoms with E-state index in [2.05, 4.69) is 111 Å². The fraction of sp³-hybridized carbons (Fsp3) is 0.385. The van der Waals surface area contributed by atoms with E-state index < -0.39 is 0 Å². The molecule has 4 rings (SSSR count). The Labute approximate surface area is 270 Å². The molecule has 0 aromatic heterocycles. The van der Waals surface area contributed by atoms with Gasteiger partial charge in [-0.2, -0.15) is 0 Å². The van der Waals surface area contributed by atoms with Crippen LogP contribution in [0.25, 0.3) is 0 Å². The van der Waals surface area contributed by atoms with Gasteiger partial charge in [0.05, 0.1) is 0 Å². The lowest BCUT2D eigenvalue weighted by atomic mass is 9.99.